The Morgan fingerprint density at radius 1 is 1.14 bits per heavy atom. The van der Waals surface area contributed by atoms with Gasteiger partial charge < -0.3 is 15.7 Å². The van der Waals surface area contributed by atoms with Gasteiger partial charge in [-0.2, -0.15) is 0 Å². The van der Waals surface area contributed by atoms with Crippen LogP contribution in [0.1, 0.15) is 58.8 Å². The van der Waals surface area contributed by atoms with Crippen molar-refractivity contribution in [1.29, 1.82) is 0 Å². The van der Waals surface area contributed by atoms with Crippen LogP contribution < -0.4 is 5.73 Å². The first-order valence-electron chi connectivity index (χ1n) is 10.9. The number of rotatable bonds is 4. The van der Waals surface area contributed by atoms with E-state index in [2.05, 4.69) is 19.0 Å². The van der Waals surface area contributed by atoms with Crippen molar-refractivity contribution in [1.82, 2.24) is 0 Å². The van der Waals surface area contributed by atoms with E-state index >= 15 is 0 Å². The second-order valence-corrected chi connectivity index (χ2v) is 9.94. The Labute approximate surface area is 167 Å². The maximum atomic E-state index is 13.6. The van der Waals surface area contributed by atoms with Crippen LogP contribution in [0, 0.1) is 40.4 Å². The Morgan fingerprint density at radius 2 is 1.93 bits per heavy atom. The zero-order valence-electron chi connectivity index (χ0n) is 17.2. The molecule has 4 aliphatic carbocycles. The van der Waals surface area contributed by atoms with Crippen molar-refractivity contribution in [2.45, 2.75) is 58.8 Å². The molecule has 7 atom stereocenters. The number of fused-ring (bicyclic) bond motifs is 5. The SMILES string of the molecule is CC12CCC3C(C(=O)[C@H](CO)C4C/C(=N/OCCN)CCC34C)C1CCC2=O. The summed E-state index contributed by atoms with van der Waals surface area (Å²) in [4.78, 5) is 31.5. The summed E-state index contributed by atoms with van der Waals surface area (Å²) in [7, 11) is 0. The van der Waals surface area contributed by atoms with Gasteiger partial charge in [0.2, 0.25) is 0 Å². The summed E-state index contributed by atoms with van der Waals surface area (Å²) in [5.41, 5.74) is 6.13. The maximum Gasteiger partial charge on any atom is 0.142 e. The van der Waals surface area contributed by atoms with Crippen molar-refractivity contribution < 1.29 is 19.5 Å². The van der Waals surface area contributed by atoms with Gasteiger partial charge in [0.1, 0.15) is 18.2 Å². The molecule has 0 saturated heterocycles. The van der Waals surface area contributed by atoms with Gasteiger partial charge in [0.15, 0.2) is 0 Å². The molecule has 0 bridgehead atoms. The van der Waals surface area contributed by atoms with E-state index in [0.717, 1.165) is 37.8 Å². The van der Waals surface area contributed by atoms with Crippen molar-refractivity contribution in [3.8, 4) is 0 Å². The molecule has 3 N–H and O–H groups in total. The lowest BCUT2D eigenvalue weighted by Gasteiger charge is -2.60. The lowest BCUT2D eigenvalue weighted by atomic mass is 9.43. The van der Waals surface area contributed by atoms with Crippen LogP contribution in [0.15, 0.2) is 5.16 Å². The van der Waals surface area contributed by atoms with Crippen LogP contribution in [0.2, 0.25) is 0 Å². The number of hydrogen-bond acceptors (Lipinski definition) is 6. The van der Waals surface area contributed by atoms with E-state index < -0.39 is 0 Å². The normalized spacial score (nSPS) is 46.9. The molecule has 4 aliphatic rings. The van der Waals surface area contributed by atoms with Crippen molar-refractivity contribution in [2.75, 3.05) is 19.8 Å². The molecule has 4 rings (SSSR count). The minimum Gasteiger partial charge on any atom is -0.396 e. The number of ketones is 2. The first-order valence-corrected chi connectivity index (χ1v) is 10.9. The molecular weight excluding hydrogens is 356 g/mol. The molecule has 4 fully saturated rings. The Morgan fingerprint density at radius 3 is 2.64 bits per heavy atom. The number of Topliss-reactive ketones (excluding diaryl/α,β-unsaturated/α-hetero) is 2. The predicted octanol–water partition coefficient (Wildman–Crippen LogP) is 2.33. The summed E-state index contributed by atoms with van der Waals surface area (Å²) in [6, 6.07) is 0. The Hall–Kier alpha value is -1.27. The number of carbonyl (C=O) groups is 2. The standard InChI is InChI=1S/C22H34N2O4/c1-21-7-5-13(24-28-10-9-23)11-17(21)14(12-25)20(27)19-15-3-4-18(26)22(15,2)8-6-16(19)21/h14-17,19,25H,3-12,23H2,1-2H3/b24-13+/t14-,15?,16?,17?,19?,21?,22?/m1/s1. The van der Waals surface area contributed by atoms with Crippen molar-refractivity contribution in [3.05, 3.63) is 0 Å². The largest absolute Gasteiger partial charge is 0.396 e. The zero-order valence-corrected chi connectivity index (χ0v) is 17.2. The van der Waals surface area contributed by atoms with E-state index in [4.69, 9.17) is 10.6 Å². The van der Waals surface area contributed by atoms with Gasteiger partial charge >= 0.3 is 0 Å². The fraction of sp³-hybridized carbons (Fsp3) is 0.864. The average molecular weight is 391 g/mol. The molecule has 0 spiro atoms. The molecule has 0 heterocycles. The van der Waals surface area contributed by atoms with Crippen LogP contribution in [0.25, 0.3) is 0 Å². The summed E-state index contributed by atoms with van der Waals surface area (Å²) in [6.07, 6.45) is 5.83. The van der Waals surface area contributed by atoms with Crippen LogP contribution in [-0.4, -0.2) is 42.1 Å². The van der Waals surface area contributed by atoms with Gasteiger partial charge in [-0.25, -0.2) is 0 Å². The van der Waals surface area contributed by atoms with Gasteiger partial charge in [-0.15, -0.1) is 0 Å². The summed E-state index contributed by atoms with van der Waals surface area (Å²) in [5, 5.41) is 14.5. The smallest absolute Gasteiger partial charge is 0.142 e. The highest BCUT2D eigenvalue weighted by Crippen LogP contribution is 2.65. The van der Waals surface area contributed by atoms with E-state index in [1.807, 2.05) is 0 Å². The Balaban J connectivity index is 1.65. The van der Waals surface area contributed by atoms with Crippen LogP contribution >= 0.6 is 0 Å². The molecule has 156 valence electrons. The van der Waals surface area contributed by atoms with E-state index in [9.17, 15) is 14.7 Å². The van der Waals surface area contributed by atoms with E-state index in [1.165, 1.54) is 0 Å². The molecule has 6 heteroatoms. The fourth-order valence-corrected chi connectivity index (χ4v) is 7.24. The van der Waals surface area contributed by atoms with Gasteiger partial charge in [0.25, 0.3) is 0 Å². The minimum atomic E-state index is -0.357. The molecule has 6 unspecified atom stereocenters. The molecule has 0 radical (unpaired) electrons. The van der Waals surface area contributed by atoms with Gasteiger partial charge in [-0.05, 0) is 61.7 Å². The maximum absolute atomic E-state index is 13.6. The number of nitrogens with zero attached hydrogens (tertiary/aromatic N) is 1. The second-order valence-electron chi connectivity index (χ2n) is 9.94. The quantitative estimate of drug-likeness (QED) is 0.567. The third-order valence-electron chi connectivity index (χ3n) is 8.86. The Kier molecular flexibility index (Phi) is 5.15. The zero-order chi connectivity index (χ0) is 20.1. The lowest BCUT2D eigenvalue weighted by molar-refractivity contribution is -0.166. The second kappa shape index (κ2) is 7.21. The van der Waals surface area contributed by atoms with Gasteiger partial charge in [-0.3, -0.25) is 9.59 Å². The topological polar surface area (TPSA) is 102 Å². The molecule has 0 aromatic rings. The molecule has 6 nitrogen and oxygen atoms in total. The summed E-state index contributed by atoms with van der Waals surface area (Å²) >= 11 is 0. The minimum absolute atomic E-state index is 0.00578. The van der Waals surface area contributed by atoms with Crippen molar-refractivity contribution in [2.24, 2.45) is 51.3 Å². The number of aliphatic hydroxyl groups is 1. The summed E-state index contributed by atoms with van der Waals surface area (Å²) in [6.45, 7) is 5.11. The number of carbonyl (C=O) groups excluding carboxylic acids is 2. The summed E-state index contributed by atoms with van der Waals surface area (Å²) in [5.74, 6) is 0.669. The molecule has 0 aromatic heterocycles. The third-order valence-corrected chi connectivity index (χ3v) is 8.86. The van der Waals surface area contributed by atoms with Gasteiger partial charge in [-0.1, -0.05) is 19.0 Å². The number of nitrogens with two attached hydrogens (primary N) is 1. The Bertz CT molecular complexity index is 692. The highest BCUT2D eigenvalue weighted by molar-refractivity contribution is 5.93. The molecule has 28 heavy (non-hydrogen) atoms. The molecular formula is C22H34N2O4. The highest BCUT2D eigenvalue weighted by atomic mass is 16.6. The van der Waals surface area contributed by atoms with Crippen molar-refractivity contribution >= 4 is 17.3 Å². The van der Waals surface area contributed by atoms with Crippen LogP contribution in [-0.2, 0) is 14.4 Å². The average Bonchev–Trinajstić information content (AvgIpc) is 2.98. The van der Waals surface area contributed by atoms with E-state index in [1.54, 1.807) is 0 Å². The number of hydrogen-bond donors (Lipinski definition) is 2. The van der Waals surface area contributed by atoms with Crippen LogP contribution in [0.5, 0.6) is 0 Å². The first kappa shape index (κ1) is 20.0. The first-order chi connectivity index (χ1) is 13.4. The number of aliphatic hydroxyl groups excluding tert-OH is 1. The highest BCUT2D eigenvalue weighted by Gasteiger charge is 2.64. The van der Waals surface area contributed by atoms with E-state index in [-0.39, 0.29) is 46.9 Å². The van der Waals surface area contributed by atoms with Gasteiger partial charge in [0, 0.05) is 30.2 Å². The van der Waals surface area contributed by atoms with Crippen molar-refractivity contribution in [3.63, 3.8) is 0 Å². The van der Waals surface area contributed by atoms with Crippen LogP contribution in [0.3, 0.4) is 0 Å². The number of oxime groups is 1. The van der Waals surface area contributed by atoms with E-state index in [0.29, 0.717) is 37.7 Å². The fourth-order valence-electron chi connectivity index (χ4n) is 7.24. The third kappa shape index (κ3) is 2.78. The molecule has 0 aliphatic heterocycles. The van der Waals surface area contributed by atoms with Crippen LogP contribution in [0.4, 0.5) is 0 Å². The predicted molar refractivity (Wildman–Crippen MR) is 106 cm³/mol. The monoisotopic (exact) mass is 390 g/mol. The van der Waals surface area contributed by atoms with Gasteiger partial charge in [0.05, 0.1) is 12.3 Å². The molecule has 0 aromatic carbocycles. The lowest BCUT2D eigenvalue weighted by Crippen LogP contribution is -2.61. The summed E-state index contributed by atoms with van der Waals surface area (Å²) < 4.78 is 0. The molecule has 0 amide bonds. The molecule has 4 saturated carbocycles.